The normalized spacial score (nSPS) is 17.1. The summed E-state index contributed by atoms with van der Waals surface area (Å²) in [6, 6.07) is 17.7. The molecule has 2 aliphatic rings. The highest BCUT2D eigenvalue weighted by atomic mass is 16.5. The van der Waals surface area contributed by atoms with Crippen LogP contribution in [0.1, 0.15) is 39.4 Å². The number of allylic oxidation sites excluding steroid dienone is 1. The number of methoxy groups -OCH3 is 2. The van der Waals surface area contributed by atoms with Gasteiger partial charge in [0.05, 0.1) is 31.7 Å². The van der Waals surface area contributed by atoms with Crippen LogP contribution in [0, 0.1) is 0 Å². The van der Waals surface area contributed by atoms with Gasteiger partial charge in [-0.15, -0.1) is 0 Å². The Bertz CT molecular complexity index is 1730. The molecule has 3 heterocycles. The molecule has 1 aromatic heterocycles. The summed E-state index contributed by atoms with van der Waals surface area (Å²) in [6.07, 6.45) is 1.59. The Morgan fingerprint density at radius 3 is 2.37 bits per heavy atom. The molecule has 8 heteroatoms. The Morgan fingerprint density at radius 2 is 1.63 bits per heavy atom. The van der Waals surface area contributed by atoms with Gasteiger partial charge in [-0.3, -0.25) is 14.4 Å². The van der Waals surface area contributed by atoms with E-state index in [9.17, 15) is 14.4 Å². The zero-order valence-corrected chi connectivity index (χ0v) is 20.9. The molecular formula is C30H23NO7. The van der Waals surface area contributed by atoms with E-state index in [0.29, 0.717) is 39.5 Å². The van der Waals surface area contributed by atoms with Gasteiger partial charge in [0, 0.05) is 30.2 Å². The molecule has 0 radical (unpaired) electrons. The summed E-state index contributed by atoms with van der Waals surface area (Å²) in [5.74, 6) is 0.663. The van der Waals surface area contributed by atoms with E-state index in [4.69, 9.17) is 18.9 Å². The van der Waals surface area contributed by atoms with Crippen molar-refractivity contribution in [2.75, 3.05) is 14.2 Å². The second-order valence-electron chi connectivity index (χ2n) is 9.19. The van der Waals surface area contributed by atoms with Gasteiger partial charge in [0.1, 0.15) is 23.0 Å². The minimum absolute atomic E-state index is 0.0601. The molecule has 0 N–H and O–H groups in total. The van der Waals surface area contributed by atoms with E-state index in [1.807, 2.05) is 24.3 Å². The fourth-order valence-electron chi connectivity index (χ4n) is 5.07. The Labute approximate surface area is 217 Å². The molecule has 0 amide bonds. The number of carbonyl (C=O) groups excluding carboxylic acids is 2. The van der Waals surface area contributed by atoms with Crippen molar-refractivity contribution in [3.05, 3.63) is 99.0 Å². The Morgan fingerprint density at radius 1 is 0.895 bits per heavy atom. The van der Waals surface area contributed by atoms with Gasteiger partial charge in [-0.25, -0.2) is 0 Å². The molecule has 0 fully saturated rings. The van der Waals surface area contributed by atoms with E-state index < -0.39 is 11.9 Å². The first kappa shape index (κ1) is 23.5. The Balaban J connectivity index is 1.48. The maximum absolute atomic E-state index is 13.6. The van der Waals surface area contributed by atoms with Crippen LogP contribution in [0.4, 0.5) is 0 Å². The highest BCUT2D eigenvalue weighted by molar-refractivity contribution is 6.15. The second-order valence-corrected chi connectivity index (χ2v) is 9.19. The van der Waals surface area contributed by atoms with Gasteiger partial charge in [0.15, 0.2) is 5.76 Å². The first-order chi connectivity index (χ1) is 18.4. The van der Waals surface area contributed by atoms with Crippen LogP contribution in [0.15, 0.2) is 71.2 Å². The van der Waals surface area contributed by atoms with E-state index >= 15 is 0 Å². The van der Waals surface area contributed by atoms with Crippen molar-refractivity contribution >= 4 is 28.7 Å². The molecule has 8 nitrogen and oxygen atoms in total. The lowest BCUT2D eigenvalue weighted by atomic mass is 9.84. The van der Waals surface area contributed by atoms with Gasteiger partial charge < -0.3 is 23.5 Å². The molecule has 0 spiro atoms. The number of pyridine rings is 1. The lowest BCUT2D eigenvalue weighted by Gasteiger charge is -2.26. The van der Waals surface area contributed by atoms with Crippen molar-refractivity contribution in [2.45, 2.75) is 12.3 Å². The van der Waals surface area contributed by atoms with Crippen LogP contribution in [0.3, 0.4) is 0 Å². The van der Waals surface area contributed by atoms with Crippen LogP contribution in [-0.4, -0.2) is 30.5 Å². The van der Waals surface area contributed by atoms with E-state index in [-0.39, 0.29) is 29.3 Å². The molecule has 6 rings (SSSR count). The van der Waals surface area contributed by atoms with Gasteiger partial charge in [0.25, 0.3) is 5.56 Å². The molecule has 3 aromatic carbocycles. The highest BCUT2D eigenvalue weighted by Gasteiger charge is 2.39. The minimum Gasteiger partial charge on any atom is -0.497 e. The standard InChI is InChI=1S/C30H23NO7/c1-31-23-14-19(36-3)9-6-17(23)13-22(30(31)34)21-15-26(32)37-24-11-10-20-28(33)25(38-29(20)27(21)24)12-16-4-7-18(35-2)8-5-16/h4-14,21H,15H2,1-3H3/b25-12+. The van der Waals surface area contributed by atoms with Crippen LogP contribution in [0.25, 0.3) is 17.0 Å². The monoisotopic (exact) mass is 509 g/mol. The molecule has 0 saturated heterocycles. The molecule has 190 valence electrons. The number of ether oxygens (including phenoxy) is 4. The molecule has 38 heavy (non-hydrogen) atoms. The van der Waals surface area contributed by atoms with Gasteiger partial charge >= 0.3 is 5.97 Å². The number of Topliss-reactive ketones (excluding diaryl/α,β-unsaturated/α-hetero) is 1. The quantitative estimate of drug-likeness (QED) is 0.225. The summed E-state index contributed by atoms with van der Waals surface area (Å²) in [5.41, 5.74) is 2.49. The van der Waals surface area contributed by atoms with Gasteiger partial charge in [-0.05, 0) is 59.5 Å². The molecule has 0 aliphatic carbocycles. The number of fused-ring (bicyclic) bond motifs is 4. The number of hydrogen-bond acceptors (Lipinski definition) is 7. The lowest BCUT2D eigenvalue weighted by molar-refractivity contribution is -0.135. The Kier molecular flexibility index (Phi) is 5.52. The first-order valence-electron chi connectivity index (χ1n) is 12.0. The third kappa shape index (κ3) is 3.73. The zero-order valence-electron chi connectivity index (χ0n) is 20.9. The predicted molar refractivity (Wildman–Crippen MR) is 140 cm³/mol. The second kappa shape index (κ2) is 8.92. The molecule has 1 unspecified atom stereocenters. The van der Waals surface area contributed by atoms with Crippen LogP contribution in [0.5, 0.6) is 23.0 Å². The number of ketones is 1. The summed E-state index contributed by atoms with van der Waals surface area (Å²) < 4.78 is 23.7. The first-order valence-corrected chi connectivity index (χ1v) is 12.0. The summed E-state index contributed by atoms with van der Waals surface area (Å²) in [7, 11) is 4.83. The largest absolute Gasteiger partial charge is 0.497 e. The van der Waals surface area contributed by atoms with Gasteiger partial charge in [0.2, 0.25) is 5.78 Å². The minimum atomic E-state index is -0.653. The van der Waals surface area contributed by atoms with Crippen molar-refractivity contribution in [3.8, 4) is 23.0 Å². The lowest BCUT2D eigenvalue weighted by Crippen LogP contribution is -2.29. The van der Waals surface area contributed by atoms with E-state index in [1.54, 1.807) is 63.7 Å². The fourth-order valence-corrected chi connectivity index (χ4v) is 5.07. The molecule has 0 saturated carbocycles. The van der Waals surface area contributed by atoms with Gasteiger partial charge in [-0.2, -0.15) is 0 Å². The van der Waals surface area contributed by atoms with Crippen molar-refractivity contribution in [1.29, 1.82) is 0 Å². The molecule has 4 aromatic rings. The summed E-state index contributed by atoms with van der Waals surface area (Å²) >= 11 is 0. The third-order valence-corrected chi connectivity index (χ3v) is 7.03. The van der Waals surface area contributed by atoms with Crippen LogP contribution < -0.4 is 24.5 Å². The molecular weight excluding hydrogens is 486 g/mol. The number of esters is 1. The fraction of sp³-hybridized carbons (Fsp3) is 0.167. The number of carbonyl (C=O) groups is 2. The average molecular weight is 510 g/mol. The zero-order chi connectivity index (χ0) is 26.6. The molecule has 1 atom stereocenters. The maximum atomic E-state index is 13.6. The number of nitrogens with zero attached hydrogens (tertiary/aromatic N) is 1. The SMILES string of the molecule is COc1ccc(/C=C2/Oc3c(ccc4c3C(c3cc5ccc(OC)cc5n(C)c3=O)CC(=O)O4)C2=O)cc1. The average Bonchev–Trinajstić information content (AvgIpc) is 3.25. The number of aromatic nitrogens is 1. The van der Waals surface area contributed by atoms with Crippen LogP contribution in [0.2, 0.25) is 0 Å². The Hall–Kier alpha value is -4.85. The highest BCUT2D eigenvalue weighted by Crippen LogP contribution is 2.48. The van der Waals surface area contributed by atoms with E-state index in [0.717, 1.165) is 10.9 Å². The number of benzene rings is 3. The third-order valence-electron chi connectivity index (χ3n) is 7.03. The maximum Gasteiger partial charge on any atom is 0.312 e. The van der Waals surface area contributed by atoms with E-state index in [1.165, 1.54) is 4.57 Å². The predicted octanol–water partition coefficient (Wildman–Crippen LogP) is 4.61. The number of hydrogen-bond donors (Lipinski definition) is 0. The van der Waals surface area contributed by atoms with Crippen molar-refractivity contribution in [1.82, 2.24) is 4.57 Å². The van der Waals surface area contributed by atoms with Crippen molar-refractivity contribution < 1.29 is 28.5 Å². The smallest absolute Gasteiger partial charge is 0.312 e. The summed E-state index contributed by atoms with van der Waals surface area (Å²) in [5, 5.41) is 0.813. The summed E-state index contributed by atoms with van der Waals surface area (Å²) in [4.78, 5) is 39.4. The molecule has 2 aliphatic heterocycles. The van der Waals surface area contributed by atoms with E-state index in [2.05, 4.69) is 0 Å². The number of aryl methyl sites for hydroxylation is 1. The van der Waals surface area contributed by atoms with Crippen LogP contribution >= 0.6 is 0 Å². The topological polar surface area (TPSA) is 93.1 Å². The van der Waals surface area contributed by atoms with Crippen LogP contribution in [-0.2, 0) is 11.8 Å². The molecule has 0 bridgehead atoms. The number of rotatable bonds is 4. The van der Waals surface area contributed by atoms with Gasteiger partial charge in [-0.1, -0.05) is 12.1 Å². The summed E-state index contributed by atoms with van der Waals surface area (Å²) in [6.45, 7) is 0. The van der Waals surface area contributed by atoms with Crippen molar-refractivity contribution in [2.24, 2.45) is 7.05 Å². The van der Waals surface area contributed by atoms with Crippen molar-refractivity contribution in [3.63, 3.8) is 0 Å².